The van der Waals surface area contributed by atoms with Crippen LogP contribution in [0, 0.1) is 6.92 Å². The molecule has 1 aliphatic heterocycles. The van der Waals surface area contributed by atoms with Crippen LogP contribution in [0.1, 0.15) is 29.8 Å². The number of amides is 1. The summed E-state index contributed by atoms with van der Waals surface area (Å²) in [5, 5.41) is 0. The van der Waals surface area contributed by atoms with E-state index in [2.05, 4.69) is 0 Å². The summed E-state index contributed by atoms with van der Waals surface area (Å²) >= 11 is 0. The van der Waals surface area contributed by atoms with Crippen molar-refractivity contribution in [3.63, 3.8) is 0 Å². The third-order valence-electron chi connectivity index (χ3n) is 4.07. The van der Waals surface area contributed by atoms with Crippen molar-refractivity contribution in [3.8, 4) is 0 Å². The largest absolute Gasteiger partial charge is 0.343 e. The van der Waals surface area contributed by atoms with Gasteiger partial charge in [0.15, 0.2) is 5.78 Å². The van der Waals surface area contributed by atoms with Crippen molar-refractivity contribution in [3.05, 3.63) is 35.4 Å². The summed E-state index contributed by atoms with van der Waals surface area (Å²) in [6.45, 7) is 7.45. The molecule has 0 saturated carbocycles. The predicted octanol–water partition coefficient (Wildman–Crippen LogP) is 1.73. The summed E-state index contributed by atoms with van der Waals surface area (Å²) in [5.74, 6) is 0.135. The van der Waals surface area contributed by atoms with Crippen LogP contribution in [-0.2, 0) is 4.79 Å². The first-order valence-electron chi connectivity index (χ1n) is 6.93. The van der Waals surface area contributed by atoms with Gasteiger partial charge in [-0.1, -0.05) is 29.8 Å². The maximum Gasteiger partial charge on any atom is 0.242 e. The van der Waals surface area contributed by atoms with E-state index in [0.29, 0.717) is 12.1 Å². The zero-order valence-electron chi connectivity index (χ0n) is 12.6. The number of aryl methyl sites for hydroxylation is 1. The summed E-state index contributed by atoms with van der Waals surface area (Å²) in [7, 11) is 1.81. The van der Waals surface area contributed by atoms with Gasteiger partial charge in [0.25, 0.3) is 0 Å². The average Bonchev–Trinajstić information content (AvgIpc) is 2.40. The second kappa shape index (κ2) is 5.37. The minimum absolute atomic E-state index is 0.0652. The highest BCUT2D eigenvalue weighted by Gasteiger charge is 2.40. The number of hydrogen-bond acceptors (Lipinski definition) is 3. The summed E-state index contributed by atoms with van der Waals surface area (Å²) in [5.41, 5.74) is 1.22. The molecule has 1 aromatic carbocycles. The van der Waals surface area contributed by atoms with Gasteiger partial charge in [-0.25, -0.2) is 0 Å². The molecule has 0 N–H and O–H groups in total. The zero-order valence-corrected chi connectivity index (χ0v) is 12.6. The Labute approximate surface area is 120 Å². The SMILES string of the molecule is Cc1ccc(C(=O)CN2CCN(C)C(=O)C2(C)C)cc1. The lowest BCUT2D eigenvalue weighted by Gasteiger charge is -2.44. The molecule has 1 aliphatic rings. The Balaban J connectivity index is 2.11. The van der Waals surface area contributed by atoms with Crippen molar-refractivity contribution < 1.29 is 9.59 Å². The molecule has 1 saturated heterocycles. The smallest absolute Gasteiger partial charge is 0.242 e. The Morgan fingerprint density at radius 3 is 2.40 bits per heavy atom. The normalized spacial score (nSPS) is 19.2. The van der Waals surface area contributed by atoms with Crippen LogP contribution in [0.4, 0.5) is 0 Å². The molecule has 0 unspecified atom stereocenters. The second-order valence-electron chi connectivity index (χ2n) is 6.00. The molecule has 0 atom stereocenters. The van der Waals surface area contributed by atoms with Gasteiger partial charge in [-0.2, -0.15) is 0 Å². The van der Waals surface area contributed by atoms with Crippen LogP contribution in [0.25, 0.3) is 0 Å². The number of benzene rings is 1. The highest BCUT2D eigenvalue weighted by Crippen LogP contribution is 2.22. The van der Waals surface area contributed by atoms with E-state index in [1.807, 2.05) is 57.0 Å². The van der Waals surface area contributed by atoms with Crippen LogP contribution < -0.4 is 0 Å². The topological polar surface area (TPSA) is 40.6 Å². The number of rotatable bonds is 3. The Morgan fingerprint density at radius 1 is 1.20 bits per heavy atom. The first kappa shape index (κ1) is 14.7. The highest BCUT2D eigenvalue weighted by atomic mass is 16.2. The van der Waals surface area contributed by atoms with Gasteiger partial charge in [0.2, 0.25) is 5.91 Å². The number of likely N-dealkylation sites (N-methyl/N-ethyl adjacent to an activating group) is 1. The van der Waals surface area contributed by atoms with E-state index in [4.69, 9.17) is 0 Å². The van der Waals surface area contributed by atoms with Gasteiger partial charge >= 0.3 is 0 Å². The third-order valence-corrected chi connectivity index (χ3v) is 4.07. The molecule has 2 rings (SSSR count). The maximum absolute atomic E-state index is 12.3. The lowest BCUT2D eigenvalue weighted by atomic mass is 9.96. The zero-order chi connectivity index (χ0) is 14.9. The van der Waals surface area contributed by atoms with Gasteiger partial charge in [0.05, 0.1) is 12.1 Å². The Morgan fingerprint density at radius 2 is 1.80 bits per heavy atom. The van der Waals surface area contributed by atoms with E-state index in [9.17, 15) is 9.59 Å². The van der Waals surface area contributed by atoms with Crippen molar-refractivity contribution in [1.29, 1.82) is 0 Å². The molecule has 0 aliphatic carbocycles. The maximum atomic E-state index is 12.3. The van der Waals surface area contributed by atoms with Crippen LogP contribution in [-0.4, -0.2) is 53.7 Å². The number of hydrogen-bond donors (Lipinski definition) is 0. The number of carbonyl (C=O) groups is 2. The number of piperazine rings is 1. The van der Waals surface area contributed by atoms with Gasteiger partial charge in [-0.3, -0.25) is 14.5 Å². The van der Waals surface area contributed by atoms with Crippen LogP contribution >= 0.6 is 0 Å². The summed E-state index contributed by atoms with van der Waals surface area (Å²) < 4.78 is 0. The van der Waals surface area contributed by atoms with E-state index in [1.54, 1.807) is 4.90 Å². The van der Waals surface area contributed by atoms with Crippen LogP contribution in [0.3, 0.4) is 0 Å². The molecular weight excluding hydrogens is 252 g/mol. The first-order valence-corrected chi connectivity index (χ1v) is 6.93. The number of Topliss-reactive ketones (excluding diaryl/α,β-unsaturated/α-hetero) is 1. The molecule has 0 bridgehead atoms. The van der Waals surface area contributed by atoms with Gasteiger partial charge in [-0.05, 0) is 20.8 Å². The van der Waals surface area contributed by atoms with Crippen molar-refractivity contribution in [2.24, 2.45) is 0 Å². The molecule has 108 valence electrons. The average molecular weight is 274 g/mol. The third kappa shape index (κ3) is 2.75. The lowest BCUT2D eigenvalue weighted by molar-refractivity contribution is -0.146. The van der Waals surface area contributed by atoms with Gasteiger partial charge < -0.3 is 4.90 Å². The second-order valence-corrected chi connectivity index (χ2v) is 6.00. The molecule has 0 spiro atoms. The van der Waals surface area contributed by atoms with E-state index in [0.717, 1.165) is 12.1 Å². The Bertz CT molecular complexity index is 520. The van der Waals surface area contributed by atoms with Crippen molar-refractivity contribution >= 4 is 11.7 Å². The minimum Gasteiger partial charge on any atom is -0.343 e. The molecule has 1 amide bonds. The van der Waals surface area contributed by atoms with Gasteiger partial charge in [0.1, 0.15) is 0 Å². The molecule has 0 radical (unpaired) electrons. The Kier molecular flexibility index (Phi) is 3.95. The van der Waals surface area contributed by atoms with E-state index < -0.39 is 5.54 Å². The highest BCUT2D eigenvalue weighted by molar-refractivity contribution is 5.98. The summed E-state index contributed by atoms with van der Waals surface area (Å²) in [4.78, 5) is 28.2. The number of carbonyl (C=O) groups excluding carboxylic acids is 2. The fourth-order valence-corrected chi connectivity index (χ4v) is 2.53. The van der Waals surface area contributed by atoms with Crippen molar-refractivity contribution in [2.45, 2.75) is 26.3 Å². The molecular formula is C16H22N2O2. The number of nitrogens with zero attached hydrogens (tertiary/aromatic N) is 2. The molecule has 0 aromatic heterocycles. The summed E-state index contributed by atoms with van der Waals surface area (Å²) in [6, 6.07) is 7.58. The quantitative estimate of drug-likeness (QED) is 0.788. The van der Waals surface area contributed by atoms with E-state index in [1.165, 1.54) is 0 Å². The monoisotopic (exact) mass is 274 g/mol. The molecule has 20 heavy (non-hydrogen) atoms. The number of ketones is 1. The fraction of sp³-hybridized carbons (Fsp3) is 0.500. The van der Waals surface area contributed by atoms with Crippen molar-refractivity contribution in [2.75, 3.05) is 26.7 Å². The summed E-state index contributed by atoms with van der Waals surface area (Å²) in [6.07, 6.45) is 0. The first-order chi connectivity index (χ1) is 9.32. The fourth-order valence-electron chi connectivity index (χ4n) is 2.53. The van der Waals surface area contributed by atoms with E-state index >= 15 is 0 Å². The standard InChI is InChI=1S/C16H22N2O2/c1-12-5-7-13(8-6-12)14(19)11-18-10-9-17(4)15(20)16(18,2)3/h5-8H,9-11H2,1-4H3. The van der Waals surface area contributed by atoms with E-state index in [-0.39, 0.29) is 18.2 Å². The molecule has 4 heteroatoms. The van der Waals surface area contributed by atoms with Crippen LogP contribution in [0.2, 0.25) is 0 Å². The lowest BCUT2D eigenvalue weighted by Crippen LogP contribution is -2.62. The molecule has 4 nitrogen and oxygen atoms in total. The predicted molar refractivity (Wildman–Crippen MR) is 78.8 cm³/mol. The molecule has 1 aromatic rings. The van der Waals surface area contributed by atoms with Gasteiger partial charge in [0, 0.05) is 25.7 Å². The molecule has 1 heterocycles. The Hall–Kier alpha value is -1.68. The van der Waals surface area contributed by atoms with Gasteiger partial charge in [-0.15, -0.1) is 0 Å². The minimum atomic E-state index is -0.618. The van der Waals surface area contributed by atoms with Crippen LogP contribution in [0.15, 0.2) is 24.3 Å². The van der Waals surface area contributed by atoms with Crippen LogP contribution in [0.5, 0.6) is 0 Å². The molecule has 1 fully saturated rings. The van der Waals surface area contributed by atoms with Crippen molar-refractivity contribution in [1.82, 2.24) is 9.80 Å².